The van der Waals surface area contributed by atoms with Gasteiger partial charge in [0.1, 0.15) is 25.9 Å². The molecule has 0 bridgehead atoms. The fourth-order valence-corrected chi connectivity index (χ4v) is 4.97. The van der Waals surface area contributed by atoms with Gasteiger partial charge in [-0.1, -0.05) is 165 Å². The van der Waals surface area contributed by atoms with Crippen LogP contribution in [0.15, 0.2) is 121 Å². The number of hydrogen-bond acceptors (Lipinski definition) is 12. The number of ether oxygens (including phenoxy) is 3. The van der Waals surface area contributed by atoms with E-state index < -0.39 is 54.1 Å². The average Bonchev–Trinajstić information content (AvgIpc) is 3.29. The topological polar surface area (TPSA) is 218 Å². The van der Waals surface area contributed by atoms with Gasteiger partial charge in [-0.15, -0.1) is 0 Å². The number of aliphatic hydroxyl groups excluding tert-OH is 2. The van der Waals surface area contributed by atoms with Crippen molar-refractivity contribution in [1.82, 2.24) is 5.32 Å². The minimum absolute atomic E-state index is 0. The zero-order chi connectivity index (χ0) is 45.9. The van der Waals surface area contributed by atoms with E-state index >= 15 is 0 Å². The third kappa shape index (κ3) is 23.2. The van der Waals surface area contributed by atoms with Crippen LogP contribution >= 0.6 is 0 Å². The van der Waals surface area contributed by atoms with Crippen LogP contribution in [0.25, 0.3) is 0 Å². The summed E-state index contributed by atoms with van der Waals surface area (Å²) in [6.45, 7) is 15.0. The van der Waals surface area contributed by atoms with E-state index in [1.165, 1.54) is 0 Å². The van der Waals surface area contributed by atoms with Gasteiger partial charge in [0.15, 0.2) is 17.9 Å². The van der Waals surface area contributed by atoms with E-state index in [4.69, 9.17) is 25.7 Å². The number of benzene rings is 4. The lowest BCUT2D eigenvalue weighted by molar-refractivity contribution is -0.151. The van der Waals surface area contributed by atoms with Gasteiger partial charge in [0.25, 0.3) is 5.91 Å². The molecule has 4 aromatic carbocycles. The van der Waals surface area contributed by atoms with Crippen LogP contribution in [0.3, 0.4) is 0 Å². The molecule has 15 heteroatoms. The number of carbonyl (C=O) groups excluding carboxylic acids is 5. The van der Waals surface area contributed by atoms with Crippen LogP contribution in [-0.4, -0.2) is 70.1 Å². The second kappa shape index (κ2) is 33.4. The molecule has 4 rings (SSSR count). The van der Waals surface area contributed by atoms with Crippen molar-refractivity contribution >= 4 is 29.6 Å². The normalized spacial score (nSPS) is 12.5. The Morgan fingerprint density at radius 3 is 1.21 bits per heavy atom. The van der Waals surface area contributed by atoms with E-state index in [-0.39, 0.29) is 68.2 Å². The number of carbonyl (C=O) groups is 5. The third-order valence-electron chi connectivity index (χ3n) is 8.73. The van der Waals surface area contributed by atoms with Gasteiger partial charge in [-0.05, 0) is 40.7 Å². The maximum Gasteiger partial charge on any atom is 0.331 e. The molecule has 348 valence electrons. The number of hydrogen-bond donors (Lipinski definition) is 5. The predicted octanol–water partition coefficient (Wildman–Crippen LogP) is -0.0643. The molecule has 0 spiro atoms. The van der Waals surface area contributed by atoms with Gasteiger partial charge in [-0.2, -0.15) is 0 Å². The smallest absolute Gasteiger partial charge is 0.331 e. The van der Waals surface area contributed by atoms with Gasteiger partial charge < -0.3 is 66.0 Å². The molecule has 1 unspecified atom stereocenters. The summed E-state index contributed by atoms with van der Waals surface area (Å²) < 4.78 is 15.3. The maximum absolute atomic E-state index is 12.4. The molecule has 0 aliphatic heterocycles. The van der Waals surface area contributed by atoms with Crippen LogP contribution in [0.1, 0.15) is 82.4 Å². The number of Topliss-reactive ketones (excluding diaryl/α,β-unsaturated/α-hetero) is 1. The first kappa shape index (κ1) is 59.9. The van der Waals surface area contributed by atoms with E-state index in [1.54, 1.807) is 71.9 Å². The Morgan fingerprint density at radius 1 is 0.524 bits per heavy atom. The van der Waals surface area contributed by atoms with Gasteiger partial charge in [-0.3, -0.25) is 14.4 Å². The van der Waals surface area contributed by atoms with Gasteiger partial charge in [0.2, 0.25) is 0 Å². The van der Waals surface area contributed by atoms with Gasteiger partial charge in [-0.25, -0.2) is 9.59 Å². The SMILES string of the molecule is CC.CC(C)C(=O)C(N)C(=O)OCc1ccccc1.CC(C)[C@H](O)[C@H](N)C(=O)OCc1ccccc1.CC(C)[C@H](O)[C@H](NC(=O)c1ccccc1)C(=O)OCc1ccccc1.[Cl-].[Cl-]. The Hall–Kier alpha value is -5.15. The van der Waals surface area contributed by atoms with Crippen LogP contribution in [0.2, 0.25) is 0 Å². The van der Waals surface area contributed by atoms with Crippen molar-refractivity contribution in [2.45, 2.75) is 106 Å². The van der Waals surface area contributed by atoms with Crippen LogP contribution in [0, 0.1) is 17.8 Å². The van der Waals surface area contributed by atoms with Crippen molar-refractivity contribution in [2.75, 3.05) is 0 Å². The number of aliphatic hydroxyl groups is 2. The van der Waals surface area contributed by atoms with Gasteiger partial charge >= 0.3 is 17.9 Å². The summed E-state index contributed by atoms with van der Waals surface area (Å²) in [5.74, 6) is -3.20. The molecule has 1 amide bonds. The fourth-order valence-electron chi connectivity index (χ4n) is 4.97. The number of nitrogens with one attached hydrogen (secondary N) is 1. The maximum atomic E-state index is 12.4. The molecule has 0 radical (unpaired) electrons. The average molecular weight is 915 g/mol. The molecule has 0 saturated carbocycles. The predicted molar refractivity (Wildman–Crippen MR) is 235 cm³/mol. The molecule has 0 aliphatic rings. The molecular formula is C48H65Cl2N3O10-2. The van der Waals surface area contributed by atoms with Crippen molar-refractivity contribution in [3.05, 3.63) is 144 Å². The highest BCUT2D eigenvalue weighted by Gasteiger charge is 2.32. The number of ketones is 1. The van der Waals surface area contributed by atoms with E-state index in [2.05, 4.69) is 5.32 Å². The molecule has 0 aliphatic carbocycles. The van der Waals surface area contributed by atoms with Crippen molar-refractivity contribution in [1.29, 1.82) is 0 Å². The van der Waals surface area contributed by atoms with Crippen molar-refractivity contribution < 1.29 is 73.2 Å². The summed E-state index contributed by atoms with van der Waals surface area (Å²) in [7, 11) is 0. The monoisotopic (exact) mass is 913 g/mol. The Kier molecular flexibility index (Phi) is 31.8. The van der Waals surface area contributed by atoms with Crippen molar-refractivity contribution in [2.24, 2.45) is 29.2 Å². The standard InChI is InChI=1S/C20H23NO4.C13H19NO3.C13H17NO3.C2H6.2ClH/c1-14(2)18(22)17(21-19(23)16-11-7-4-8-12-16)20(24)25-13-15-9-5-3-6-10-15;2*1-9(2)12(15)11(14)13(16)17-8-10-6-4-3-5-7-10;1-2;;/h3-12,14,17-18,22H,13H2,1-2H3,(H,21,23);3-7,9,11-12,15H,8,14H2,1-2H3;3-7,9,11H,8,14H2,1-2H3;1-2H3;2*1H/p-2/t17-,18-;11-,12-;;;;/m00..../s1. The number of halogens is 2. The zero-order valence-corrected chi connectivity index (χ0v) is 38.9. The molecular weight excluding hydrogens is 849 g/mol. The quantitative estimate of drug-likeness (QED) is 0.0535. The van der Waals surface area contributed by atoms with E-state index in [1.807, 2.05) is 105 Å². The summed E-state index contributed by atoms with van der Waals surface area (Å²) in [6, 6.07) is 33.1. The van der Waals surface area contributed by atoms with Crippen LogP contribution in [0.5, 0.6) is 0 Å². The number of rotatable bonds is 17. The van der Waals surface area contributed by atoms with E-state index in [0.717, 1.165) is 16.7 Å². The lowest BCUT2D eigenvalue weighted by atomic mass is 9.99. The minimum Gasteiger partial charge on any atom is -1.00 e. The minimum atomic E-state index is -1.18. The van der Waals surface area contributed by atoms with Crippen molar-refractivity contribution in [3.8, 4) is 0 Å². The Bertz CT molecular complexity index is 1860. The molecule has 63 heavy (non-hydrogen) atoms. The van der Waals surface area contributed by atoms with E-state index in [0.29, 0.717) is 5.56 Å². The third-order valence-corrected chi connectivity index (χ3v) is 8.73. The first-order valence-corrected chi connectivity index (χ1v) is 20.4. The lowest BCUT2D eigenvalue weighted by Gasteiger charge is -2.25. The molecule has 5 atom stereocenters. The molecule has 0 aromatic heterocycles. The second-order valence-electron chi connectivity index (χ2n) is 14.6. The first-order chi connectivity index (χ1) is 29.0. The Morgan fingerprint density at radius 2 is 0.857 bits per heavy atom. The number of esters is 3. The highest BCUT2D eigenvalue weighted by Crippen LogP contribution is 2.12. The summed E-state index contributed by atoms with van der Waals surface area (Å²) in [6.07, 6.45) is -1.92. The van der Waals surface area contributed by atoms with Crippen molar-refractivity contribution in [3.63, 3.8) is 0 Å². The van der Waals surface area contributed by atoms with Crippen LogP contribution in [-0.2, 0) is 53.2 Å². The summed E-state index contributed by atoms with van der Waals surface area (Å²) in [4.78, 5) is 59.3. The van der Waals surface area contributed by atoms with Crippen LogP contribution in [0.4, 0.5) is 0 Å². The molecule has 7 N–H and O–H groups in total. The Balaban J connectivity index is 0. The summed E-state index contributed by atoms with van der Waals surface area (Å²) in [5, 5.41) is 22.6. The first-order valence-electron chi connectivity index (χ1n) is 20.4. The molecule has 13 nitrogen and oxygen atoms in total. The molecule has 0 saturated heterocycles. The Labute approximate surface area is 385 Å². The highest BCUT2D eigenvalue weighted by molar-refractivity contribution is 6.03. The number of amides is 1. The van der Waals surface area contributed by atoms with Gasteiger partial charge in [0.05, 0.1) is 12.2 Å². The van der Waals surface area contributed by atoms with Crippen LogP contribution < -0.4 is 41.6 Å². The zero-order valence-electron chi connectivity index (χ0n) is 37.4. The van der Waals surface area contributed by atoms with E-state index in [9.17, 15) is 34.2 Å². The molecule has 0 heterocycles. The second-order valence-corrected chi connectivity index (χ2v) is 14.6. The van der Waals surface area contributed by atoms with Gasteiger partial charge in [0, 0.05) is 11.5 Å². The number of nitrogens with two attached hydrogens (primary N) is 2. The highest BCUT2D eigenvalue weighted by atomic mass is 35.5. The summed E-state index contributed by atoms with van der Waals surface area (Å²) >= 11 is 0. The molecule has 0 fully saturated rings. The fraction of sp³-hybridized carbons (Fsp3) is 0.396. The largest absolute Gasteiger partial charge is 1.00 e. The lowest BCUT2D eigenvalue weighted by Crippen LogP contribution is -3.00. The molecule has 4 aromatic rings. The summed E-state index contributed by atoms with van der Waals surface area (Å²) in [5.41, 5.74) is 14.1.